The lowest BCUT2D eigenvalue weighted by molar-refractivity contribution is -0.137. The third kappa shape index (κ3) is 0.910. The molecule has 1 aliphatic heterocycles. The summed E-state index contributed by atoms with van der Waals surface area (Å²) >= 11 is 0. The largest absolute Gasteiger partial charge is 0.458 e. The lowest BCUT2D eigenvalue weighted by atomic mass is 10.3. The minimum absolute atomic E-state index is 0.0463. The number of amides is 1. The highest BCUT2D eigenvalue weighted by Gasteiger charge is 2.20. The molecule has 9 heavy (non-hydrogen) atoms. The van der Waals surface area contributed by atoms with E-state index in [0.29, 0.717) is 0 Å². The molecule has 1 heterocycles. The average molecular weight is 127 g/mol. The van der Waals surface area contributed by atoms with Crippen LogP contribution in [0.4, 0.5) is 0 Å². The van der Waals surface area contributed by atoms with Gasteiger partial charge in [-0.3, -0.25) is 4.79 Å². The van der Waals surface area contributed by atoms with E-state index in [9.17, 15) is 9.59 Å². The molecular formula is C5H5NO3. The molecule has 0 saturated heterocycles. The zero-order chi connectivity index (χ0) is 6.85. The van der Waals surface area contributed by atoms with Crippen molar-refractivity contribution in [2.75, 3.05) is 6.61 Å². The van der Waals surface area contributed by atoms with Crippen molar-refractivity contribution in [3.63, 3.8) is 0 Å². The molecule has 2 N–H and O–H groups in total. The van der Waals surface area contributed by atoms with Gasteiger partial charge >= 0.3 is 5.97 Å². The lowest BCUT2D eigenvalue weighted by Gasteiger charge is -1.89. The third-order valence-corrected chi connectivity index (χ3v) is 0.987. The number of rotatable bonds is 1. The molecular weight excluding hydrogens is 122 g/mol. The van der Waals surface area contributed by atoms with E-state index in [-0.39, 0.29) is 12.2 Å². The number of carbonyl (C=O) groups is 2. The third-order valence-electron chi connectivity index (χ3n) is 0.987. The lowest BCUT2D eigenvalue weighted by Crippen LogP contribution is -2.18. The van der Waals surface area contributed by atoms with E-state index >= 15 is 0 Å². The Morgan fingerprint density at radius 2 is 2.44 bits per heavy atom. The molecule has 0 aromatic rings. The first-order chi connectivity index (χ1) is 4.22. The highest BCUT2D eigenvalue weighted by Crippen LogP contribution is 2.04. The van der Waals surface area contributed by atoms with Gasteiger partial charge in [0.25, 0.3) is 5.91 Å². The fraction of sp³-hybridized carbons (Fsp3) is 0.200. The van der Waals surface area contributed by atoms with Crippen LogP contribution in [0, 0.1) is 0 Å². The smallest absolute Gasteiger partial charge is 0.343 e. The topological polar surface area (TPSA) is 69.4 Å². The first-order valence-electron chi connectivity index (χ1n) is 2.39. The molecule has 1 rings (SSSR count). The van der Waals surface area contributed by atoms with E-state index in [2.05, 4.69) is 4.74 Å². The minimum Gasteiger partial charge on any atom is -0.458 e. The molecule has 0 bridgehead atoms. The van der Waals surface area contributed by atoms with Crippen molar-refractivity contribution < 1.29 is 14.3 Å². The average Bonchev–Trinajstić information content (AvgIpc) is 2.13. The molecule has 1 aliphatic rings. The summed E-state index contributed by atoms with van der Waals surface area (Å²) in [5.74, 6) is -1.35. The van der Waals surface area contributed by atoms with E-state index in [1.54, 1.807) is 0 Å². The van der Waals surface area contributed by atoms with Crippen molar-refractivity contribution in [2.24, 2.45) is 5.73 Å². The molecule has 4 nitrogen and oxygen atoms in total. The summed E-state index contributed by atoms with van der Waals surface area (Å²) in [7, 11) is 0. The van der Waals surface area contributed by atoms with Gasteiger partial charge in [-0.15, -0.1) is 0 Å². The van der Waals surface area contributed by atoms with Crippen LogP contribution in [-0.4, -0.2) is 18.5 Å². The maximum Gasteiger partial charge on any atom is 0.343 e. The second-order valence-corrected chi connectivity index (χ2v) is 1.58. The fourth-order valence-electron chi connectivity index (χ4n) is 0.563. The van der Waals surface area contributed by atoms with Crippen molar-refractivity contribution in [1.29, 1.82) is 0 Å². The van der Waals surface area contributed by atoms with Gasteiger partial charge in [0.1, 0.15) is 12.2 Å². The van der Waals surface area contributed by atoms with E-state index < -0.39 is 11.9 Å². The Hall–Kier alpha value is -1.32. The van der Waals surface area contributed by atoms with Crippen LogP contribution in [0.5, 0.6) is 0 Å². The molecule has 0 aliphatic carbocycles. The molecule has 0 radical (unpaired) electrons. The molecule has 0 atom stereocenters. The molecule has 0 fully saturated rings. The SMILES string of the molecule is NC(=O)C1=CCOC1=O. The maximum absolute atomic E-state index is 10.4. The summed E-state index contributed by atoms with van der Waals surface area (Å²) < 4.78 is 4.39. The maximum atomic E-state index is 10.4. The van der Waals surface area contributed by atoms with Crippen LogP contribution in [0.15, 0.2) is 11.6 Å². The quantitative estimate of drug-likeness (QED) is 0.361. The summed E-state index contributed by atoms with van der Waals surface area (Å²) in [5.41, 5.74) is 4.73. The van der Waals surface area contributed by atoms with Gasteiger partial charge in [-0.2, -0.15) is 0 Å². The Bertz CT molecular complexity index is 194. The Kier molecular flexibility index (Phi) is 1.22. The molecule has 4 heteroatoms. The predicted molar refractivity (Wildman–Crippen MR) is 28.2 cm³/mol. The van der Waals surface area contributed by atoms with Gasteiger partial charge in [-0.25, -0.2) is 4.79 Å². The van der Waals surface area contributed by atoms with Gasteiger partial charge in [0.15, 0.2) is 0 Å². The van der Waals surface area contributed by atoms with Gasteiger partial charge in [-0.05, 0) is 6.08 Å². The predicted octanol–water partition coefficient (Wildman–Crippen LogP) is -1.05. The molecule has 0 aromatic carbocycles. The van der Waals surface area contributed by atoms with Crippen LogP contribution in [0.1, 0.15) is 0 Å². The number of nitrogens with two attached hydrogens (primary N) is 1. The zero-order valence-electron chi connectivity index (χ0n) is 4.59. The van der Waals surface area contributed by atoms with E-state index in [0.717, 1.165) is 0 Å². The van der Waals surface area contributed by atoms with Gasteiger partial charge in [0.05, 0.1) is 0 Å². The minimum atomic E-state index is -0.725. The molecule has 1 amide bonds. The second-order valence-electron chi connectivity index (χ2n) is 1.58. The van der Waals surface area contributed by atoms with Gasteiger partial charge in [0.2, 0.25) is 0 Å². The standard InChI is InChI=1S/C5H5NO3/c6-4(7)3-1-2-9-5(3)8/h1H,2H2,(H2,6,7). The van der Waals surface area contributed by atoms with E-state index in [1.165, 1.54) is 6.08 Å². The Balaban J connectivity index is 2.80. The summed E-state index contributed by atoms with van der Waals surface area (Å²) in [6, 6.07) is 0. The highest BCUT2D eigenvalue weighted by molar-refractivity contribution is 6.16. The van der Waals surface area contributed by atoms with E-state index in [4.69, 9.17) is 5.73 Å². The molecule has 48 valence electrons. The van der Waals surface area contributed by atoms with Gasteiger partial charge in [-0.1, -0.05) is 0 Å². The molecule has 0 aromatic heterocycles. The van der Waals surface area contributed by atoms with Crippen LogP contribution in [-0.2, 0) is 14.3 Å². The van der Waals surface area contributed by atoms with Gasteiger partial charge in [0, 0.05) is 0 Å². The van der Waals surface area contributed by atoms with Crippen LogP contribution in [0.25, 0.3) is 0 Å². The number of ether oxygens (including phenoxy) is 1. The summed E-state index contributed by atoms with van der Waals surface area (Å²) in [6.07, 6.45) is 1.37. The first kappa shape index (κ1) is 5.81. The van der Waals surface area contributed by atoms with Crippen molar-refractivity contribution >= 4 is 11.9 Å². The number of esters is 1. The first-order valence-corrected chi connectivity index (χ1v) is 2.39. The van der Waals surface area contributed by atoms with Crippen LogP contribution in [0.3, 0.4) is 0 Å². The summed E-state index contributed by atoms with van der Waals surface area (Å²) in [5, 5.41) is 0. The number of hydrogen-bond donors (Lipinski definition) is 1. The summed E-state index contributed by atoms with van der Waals surface area (Å²) in [6.45, 7) is 0.164. The zero-order valence-corrected chi connectivity index (χ0v) is 4.59. The molecule has 0 unspecified atom stereocenters. The molecule has 0 saturated carbocycles. The van der Waals surface area contributed by atoms with Crippen LogP contribution >= 0.6 is 0 Å². The van der Waals surface area contributed by atoms with Gasteiger partial charge < -0.3 is 10.5 Å². The number of primary amides is 1. The highest BCUT2D eigenvalue weighted by atomic mass is 16.5. The Morgan fingerprint density at radius 3 is 2.67 bits per heavy atom. The Morgan fingerprint density at radius 1 is 1.78 bits per heavy atom. The van der Waals surface area contributed by atoms with E-state index in [1.807, 2.05) is 0 Å². The van der Waals surface area contributed by atoms with Crippen molar-refractivity contribution in [2.45, 2.75) is 0 Å². The van der Waals surface area contributed by atoms with Crippen LogP contribution in [0.2, 0.25) is 0 Å². The second kappa shape index (κ2) is 1.89. The normalized spacial score (nSPS) is 16.9. The number of cyclic esters (lactones) is 1. The molecule has 0 spiro atoms. The number of carbonyl (C=O) groups excluding carboxylic acids is 2. The number of hydrogen-bond acceptors (Lipinski definition) is 3. The van der Waals surface area contributed by atoms with Crippen molar-refractivity contribution in [3.05, 3.63) is 11.6 Å². The summed E-state index contributed by atoms with van der Waals surface area (Å²) in [4.78, 5) is 20.7. The Labute approximate surface area is 51.3 Å². The van der Waals surface area contributed by atoms with Crippen molar-refractivity contribution in [3.8, 4) is 0 Å². The van der Waals surface area contributed by atoms with Crippen molar-refractivity contribution in [1.82, 2.24) is 0 Å². The fourth-order valence-corrected chi connectivity index (χ4v) is 0.563. The van der Waals surface area contributed by atoms with Crippen LogP contribution < -0.4 is 5.73 Å². The monoisotopic (exact) mass is 127 g/mol.